The minimum atomic E-state index is 0.453. The highest BCUT2D eigenvalue weighted by Gasteiger charge is 2.07. The number of aromatic nitrogens is 3. The second-order valence-corrected chi connectivity index (χ2v) is 8.18. The first kappa shape index (κ1) is 21.9. The van der Waals surface area contributed by atoms with Crippen LogP contribution in [-0.2, 0) is 12.4 Å². The zero-order valence-electron chi connectivity index (χ0n) is 17.4. The lowest BCUT2D eigenvalue weighted by Gasteiger charge is -2.11. The number of hydrogen-bond acceptors (Lipinski definition) is 6. The summed E-state index contributed by atoms with van der Waals surface area (Å²) in [5.41, 5.74) is 3.10. The predicted octanol–water partition coefficient (Wildman–Crippen LogP) is 5.69. The summed E-state index contributed by atoms with van der Waals surface area (Å²) >= 11 is 7.50. The SMILES string of the molecule is COc1ccc(/C=N/n2cnnc2SCc2ccc(Cl)cc2)cc1OCc1ccccc1. The highest BCUT2D eigenvalue weighted by molar-refractivity contribution is 7.98. The van der Waals surface area contributed by atoms with Gasteiger partial charge in [-0.05, 0) is 47.0 Å². The van der Waals surface area contributed by atoms with Gasteiger partial charge in [-0.15, -0.1) is 10.2 Å². The van der Waals surface area contributed by atoms with Crippen LogP contribution >= 0.6 is 23.4 Å². The number of benzene rings is 3. The molecule has 162 valence electrons. The van der Waals surface area contributed by atoms with Gasteiger partial charge < -0.3 is 9.47 Å². The molecule has 1 aromatic heterocycles. The topological polar surface area (TPSA) is 61.5 Å². The van der Waals surface area contributed by atoms with E-state index in [2.05, 4.69) is 15.3 Å². The molecule has 0 N–H and O–H groups in total. The number of nitrogens with zero attached hydrogens (tertiary/aromatic N) is 4. The van der Waals surface area contributed by atoms with Crippen molar-refractivity contribution in [1.29, 1.82) is 0 Å². The van der Waals surface area contributed by atoms with Crippen LogP contribution in [0.5, 0.6) is 11.5 Å². The van der Waals surface area contributed by atoms with Crippen LogP contribution < -0.4 is 9.47 Å². The molecule has 8 heteroatoms. The van der Waals surface area contributed by atoms with Crippen molar-refractivity contribution >= 4 is 29.6 Å². The minimum Gasteiger partial charge on any atom is -0.493 e. The van der Waals surface area contributed by atoms with Gasteiger partial charge in [0.2, 0.25) is 5.16 Å². The van der Waals surface area contributed by atoms with Gasteiger partial charge in [0.1, 0.15) is 12.9 Å². The summed E-state index contributed by atoms with van der Waals surface area (Å²) in [7, 11) is 1.62. The van der Waals surface area contributed by atoms with Crippen molar-refractivity contribution in [3.05, 3.63) is 101 Å². The molecule has 0 unspecified atom stereocenters. The lowest BCUT2D eigenvalue weighted by atomic mass is 10.2. The molecule has 0 amide bonds. The van der Waals surface area contributed by atoms with Crippen LogP contribution in [0.3, 0.4) is 0 Å². The van der Waals surface area contributed by atoms with Crippen molar-refractivity contribution in [1.82, 2.24) is 14.9 Å². The normalized spacial score (nSPS) is 11.1. The third kappa shape index (κ3) is 5.90. The maximum absolute atomic E-state index is 5.98. The minimum absolute atomic E-state index is 0.453. The quantitative estimate of drug-likeness (QED) is 0.235. The van der Waals surface area contributed by atoms with Crippen LogP contribution in [0.2, 0.25) is 5.02 Å². The van der Waals surface area contributed by atoms with Crippen LogP contribution in [-0.4, -0.2) is 28.2 Å². The van der Waals surface area contributed by atoms with Gasteiger partial charge in [0.25, 0.3) is 0 Å². The van der Waals surface area contributed by atoms with Crippen molar-refractivity contribution in [3.63, 3.8) is 0 Å². The van der Waals surface area contributed by atoms with Gasteiger partial charge in [-0.2, -0.15) is 9.78 Å². The summed E-state index contributed by atoms with van der Waals surface area (Å²) in [5, 5.41) is 14.1. The maximum atomic E-state index is 5.98. The van der Waals surface area contributed by atoms with Crippen LogP contribution in [0.4, 0.5) is 0 Å². The average molecular weight is 465 g/mol. The molecule has 1 heterocycles. The van der Waals surface area contributed by atoms with Crippen LogP contribution in [0, 0.1) is 0 Å². The first-order valence-corrected chi connectivity index (χ1v) is 11.2. The molecule has 0 bridgehead atoms. The molecule has 0 aliphatic carbocycles. The third-order valence-corrected chi connectivity index (χ3v) is 5.79. The van der Waals surface area contributed by atoms with Gasteiger partial charge in [-0.25, -0.2) is 0 Å². The largest absolute Gasteiger partial charge is 0.493 e. The lowest BCUT2D eigenvalue weighted by molar-refractivity contribution is 0.284. The Morgan fingerprint density at radius 1 is 1.00 bits per heavy atom. The predicted molar refractivity (Wildman–Crippen MR) is 128 cm³/mol. The molecule has 0 saturated heterocycles. The second-order valence-electron chi connectivity index (χ2n) is 6.80. The van der Waals surface area contributed by atoms with E-state index < -0.39 is 0 Å². The number of hydrogen-bond donors (Lipinski definition) is 0. The van der Waals surface area contributed by atoms with Gasteiger partial charge >= 0.3 is 0 Å². The number of thioether (sulfide) groups is 1. The van der Waals surface area contributed by atoms with E-state index >= 15 is 0 Å². The highest BCUT2D eigenvalue weighted by atomic mass is 35.5. The Bertz CT molecular complexity index is 1180. The molecule has 0 radical (unpaired) electrons. The molecule has 6 nitrogen and oxygen atoms in total. The fourth-order valence-electron chi connectivity index (χ4n) is 2.87. The van der Waals surface area contributed by atoms with E-state index in [-0.39, 0.29) is 0 Å². The third-order valence-electron chi connectivity index (χ3n) is 4.54. The molecule has 0 saturated carbocycles. The van der Waals surface area contributed by atoms with Crippen LogP contribution in [0.25, 0.3) is 0 Å². The summed E-state index contributed by atoms with van der Waals surface area (Å²) in [4.78, 5) is 0. The summed E-state index contributed by atoms with van der Waals surface area (Å²) in [5.74, 6) is 2.06. The molecule has 32 heavy (non-hydrogen) atoms. The molecule has 3 aromatic carbocycles. The second kappa shape index (κ2) is 10.8. The van der Waals surface area contributed by atoms with E-state index in [1.807, 2.05) is 72.8 Å². The zero-order valence-corrected chi connectivity index (χ0v) is 19.0. The lowest BCUT2D eigenvalue weighted by Crippen LogP contribution is -1.99. The molecular formula is C24H21ClN4O2S. The van der Waals surface area contributed by atoms with E-state index in [4.69, 9.17) is 21.1 Å². The fraction of sp³-hybridized carbons (Fsp3) is 0.125. The standard InChI is InChI=1S/C24H21ClN4O2S/c1-30-22-12-9-20(13-23(22)31-15-18-5-3-2-4-6-18)14-27-29-17-26-28-24(29)32-16-19-7-10-21(25)11-8-19/h2-14,17H,15-16H2,1H3/b27-14+. The Kier molecular flexibility index (Phi) is 7.42. The number of halogens is 1. The molecule has 4 aromatic rings. The van der Waals surface area contributed by atoms with Crippen molar-refractivity contribution in [2.24, 2.45) is 5.10 Å². The van der Waals surface area contributed by atoms with Crippen molar-refractivity contribution < 1.29 is 9.47 Å². The first-order chi connectivity index (χ1) is 15.7. The molecule has 0 spiro atoms. The van der Waals surface area contributed by atoms with E-state index in [1.165, 1.54) is 0 Å². The number of methoxy groups -OCH3 is 1. The fourth-order valence-corrected chi connectivity index (χ4v) is 3.82. The van der Waals surface area contributed by atoms with Crippen molar-refractivity contribution in [2.75, 3.05) is 7.11 Å². The highest BCUT2D eigenvalue weighted by Crippen LogP contribution is 2.28. The van der Waals surface area contributed by atoms with Crippen molar-refractivity contribution in [2.45, 2.75) is 17.5 Å². The number of rotatable bonds is 9. The smallest absolute Gasteiger partial charge is 0.212 e. The Morgan fingerprint density at radius 3 is 2.59 bits per heavy atom. The van der Waals surface area contributed by atoms with Gasteiger partial charge in [-0.3, -0.25) is 0 Å². The summed E-state index contributed by atoms with van der Waals surface area (Å²) in [6.45, 7) is 0.453. The zero-order chi connectivity index (χ0) is 22.2. The van der Waals surface area contributed by atoms with E-state index in [0.29, 0.717) is 23.3 Å². The molecule has 0 aliphatic heterocycles. The Hall–Kier alpha value is -3.29. The van der Waals surface area contributed by atoms with E-state index in [1.54, 1.807) is 36.1 Å². The van der Waals surface area contributed by atoms with Gasteiger partial charge in [-0.1, -0.05) is 65.8 Å². The van der Waals surface area contributed by atoms with Crippen LogP contribution in [0.15, 0.2) is 89.4 Å². The molecular weight excluding hydrogens is 444 g/mol. The van der Waals surface area contributed by atoms with Crippen LogP contribution in [0.1, 0.15) is 16.7 Å². The van der Waals surface area contributed by atoms with Gasteiger partial charge in [0.05, 0.1) is 13.3 Å². The Morgan fingerprint density at radius 2 is 1.81 bits per heavy atom. The maximum Gasteiger partial charge on any atom is 0.212 e. The average Bonchev–Trinajstić information content (AvgIpc) is 3.29. The van der Waals surface area contributed by atoms with Crippen molar-refractivity contribution in [3.8, 4) is 11.5 Å². The Balaban J connectivity index is 1.44. The molecule has 0 fully saturated rings. The molecule has 4 rings (SSSR count). The van der Waals surface area contributed by atoms with E-state index in [9.17, 15) is 0 Å². The summed E-state index contributed by atoms with van der Waals surface area (Å²) < 4.78 is 13.1. The monoisotopic (exact) mass is 464 g/mol. The molecule has 0 atom stereocenters. The first-order valence-electron chi connectivity index (χ1n) is 9.87. The van der Waals surface area contributed by atoms with Gasteiger partial charge in [0.15, 0.2) is 11.5 Å². The summed E-state index contributed by atoms with van der Waals surface area (Å²) in [6, 6.07) is 23.4. The Labute approximate surface area is 195 Å². The van der Waals surface area contributed by atoms with E-state index in [0.717, 1.165) is 27.5 Å². The molecule has 0 aliphatic rings. The van der Waals surface area contributed by atoms with Gasteiger partial charge in [0, 0.05) is 10.8 Å². The summed E-state index contributed by atoms with van der Waals surface area (Å²) in [6.07, 6.45) is 3.32. The number of ether oxygens (including phenoxy) is 2.